The van der Waals surface area contributed by atoms with Gasteiger partial charge >= 0.3 is 0 Å². The summed E-state index contributed by atoms with van der Waals surface area (Å²) in [6.07, 6.45) is 2.66. The normalized spacial score (nSPS) is 29.7. The lowest BCUT2D eigenvalue weighted by Crippen LogP contribution is -2.41. The highest BCUT2D eigenvalue weighted by molar-refractivity contribution is 7.07. The number of hydrogen-bond acceptors (Lipinski definition) is 3. The van der Waals surface area contributed by atoms with Gasteiger partial charge in [-0.25, -0.2) is 4.98 Å². The van der Waals surface area contributed by atoms with E-state index < -0.39 is 0 Å². The first kappa shape index (κ1) is 9.16. The first-order chi connectivity index (χ1) is 6.25. The molecule has 13 heavy (non-hydrogen) atoms. The smallest absolute Gasteiger partial charge is 0.0795 e. The summed E-state index contributed by atoms with van der Waals surface area (Å²) in [5.41, 5.74) is 3.08. The lowest BCUT2D eigenvalue weighted by molar-refractivity contribution is 0.225. The van der Waals surface area contributed by atoms with Gasteiger partial charge in [-0.2, -0.15) is 0 Å². The molecule has 2 rings (SSSR count). The Bertz CT molecular complexity index is 252. The predicted octanol–water partition coefficient (Wildman–Crippen LogP) is 2.59. The molecule has 0 saturated heterocycles. The van der Waals surface area contributed by atoms with Crippen LogP contribution in [0.25, 0.3) is 0 Å². The molecule has 1 unspecified atom stereocenters. The minimum atomic E-state index is 0.420. The minimum absolute atomic E-state index is 0.420. The maximum atomic E-state index is 4.30. The Morgan fingerprint density at radius 2 is 2.38 bits per heavy atom. The first-order valence-corrected chi connectivity index (χ1v) is 5.84. The topological polar surface area (TPSA) is 24.9 Å². The molecule has 1 atom stereocenters. The van der Waals surface area contributed by atoms with E-state index in [1.165, 1.54) is 18.5 Å². The number of hydrogen-bond donors (Lipinski definition) is 1. The number of nitrogens with one attached hydrogen (secondary N) is 1. The van der Waals surface area contributed by atoms with E-state index in [0.29, 0.717) is 6.04 Å². The highest BCUT2D eigenvalue weighted by Crippen LogP contribution is 2.28. The third-order valence-electron chi connectivity index (χ3n) is 2.75. The van der Waals surface area contributed by atoms with Crippen LogP contribution in [-0.4, -0.2) is 11.0 Å². The Morgan fingerprint density at radius 1 is 1.62 bits per heavy atom. The average Bonchev–Trinajstić information content (AvgIpc) is 2.53. The van der Waals surface area contributed by atoms with Gasteiger partial charge in [0.2, 0.25) is 0 Å². The van der Waals surface area contributed by atoms with Crippen LogP contribution >= 0.6 is 11.3 Å². The monoisotopic (exact) mass is 196 g/mol. The van der Waals surface area contributed by atoms with E-state index in [2.05, 4.69) is 29.5 Å². The Hall–Kier alpha value is -0.410. The molecule has 0 aromatic carbocycles. The summed E-state index contributed by atoms with van der Waals surface area (Å²) in [5, 5.41) is 5.72. The van der Waals surface area contributed by atoms with Gasteiger partial charge in [-0.1, -0.05) is 6.92 Å². The summed E-state index contributed by atoms with van der Waals surface area (Å²) in [4.78, 5) is 4.30. The van der Waals surface area contributed by atoms with Crippen molar-refractivity contribution in [1.29, 1.82) is 0 Å². The van der Waals surface area contributed by atoms with Gasteiger partial charge in [0.25, 0.3) is 0 Å². The Kier molecular flexibility index (Phi) is 2.65. The quantitative estimate of drug-likeness (QED) is 0.803. The van der Waals surface area contributed by atoms with Crippen molar-refractivity contribution >= 4 is 11.3 Å². The van der Waals surface area contributed by atoms with Crippen LogP contribution in [0.2, 0.25) is 0 Å². The molecular weight excluding hydrogens is 180 g/mol. The molecule has 72 valence electrons. The molecule has 2 nitrogen and oxygen atoms in total. The van der Waals surface area contributed by atoms with Gasteiger partial charge in [0.1, 0.15) is 0 Å². The van der Waals surface area contributed by atoms with Gasteiger partial charge < -0.3 is 5.32 Å². The van der Waals surface area contributed by atoms with Crippen molar-refractivity contribution in [2.24, 2.45) is 5.92 Å². The highest BCUT2D eigenvalue weighted by atomic mass is 32.1. The summed E-state index contributed by atoms with van der Waals surface area (Å²) in [5.74, 6) is 0.917. The third kappa shape index (κ3) is 2.09. The maximum absolute atomic E-state index is 4.30. The lowest BCUT2D eigenvalue weighted by Gasteiger charge is -2.35. The van der Waals surface area contributed by atoms with E-state index in [1.54, 1.807) is 11.3 Å². The largest absolute Gasteiger partial charge is 0.306 e. The zero-order valence-corrected chi connectivity index (χ0v) is 8.97. The summed E-state index contributed by atoms with van der Waals surface area (Å²) >= 11 is 1.67. The van der Waals surface area contributed by atoms with Crippen LogP contribution in [0.15, 0.2) is 10.9 Å². The molecule has 0 aliphatic heterocycles. The van der Waals surface area contributed by atoms with E-state index in [-0.39, 0.29) is 0 Å². The van der Waals surface area contributed by atoms with Crippen LogP contribution in [0.5, 0.6) is 0 Å². The molecule has 1 heterocycles. The van der Waals surface area contributed by atoms with Gasteiger partial charge in [-0.3, -0.25) is 0 Å². The number of rotatable bonds is 3. The van der Waals surface area contributed by atoms with Crippen LogP contribution in [0.1, 0.15) is 38.4 Å². The van der Waals surface area contributed by atoms with Gasteiger partial charge in [-0.05, 0) is 25.7 Å². The fraction of sp³-hybridized carbons (Fsp3) is 0.700. The molecule has 0 radical (unpaired) electrons. The van der Waals surface area contributed by atoms with Gasteiger partial charge in [0.15, 0.2) is 0 Å². The summed E-state index contributed by atoms with van der Waals surface area (Å²) in [6.45, 7) is 4.50. The fourth-order valence-corrected chi connectivity index (χ4v) is 2.56. The van der Waals surface area contributed by atoms with Crippen molar-refractivity contribution in [3.63, 3.8) is 0 Å². The van der Waals surface area contributed by atoms with Crippen molar-refractivity contribution in [2.75, 3.05) is 0 Å². The van der Waals surface area contributed by atoms with Crippen molar-refractivity contribution in [3.8, 4) is 0 Å². The van der Waals surface area contributed by atoms with E-state index in [1.807, 2.05) is 5.51 Å². The van der Waals surface area contributed by atoms with Crippen LogP contribution in [0.4, 0.5) is 0 Å². The molecule has 1 aliphatic carbocycles. The van der Waals surface area contributed by atoms with Crippen LogP contribution in [0, 0.1) is 5.92 Å². The highest BCUT2D eigenvalue weighted by Gasteiger charge is 2.26. The first-order valence-electron chi connectivity index (χ1n) is 4.90. The lowest BCUT2D eigenvalue weighted by atomic mass is 9.81. The minimum Gasteiger partial charge on any atom is -0.306 e. The van der Waals surface area contributed by atoms with E-state index in [4.69, 9.17) is 0 Å². The second-order valence-electron chi connectivity index (χ2n) is 4.08. The number of aromatic nitrogens is 1. The van der Waals surface area contributed by atoms with Crippen molar-refractivity contribution in [3.05, 3.63) is 16.6 Å². The van der Waals surface area contributed by atoms with Crippen molar-refractivity contribution < 1.29 is 0 Å². The maximum Gasteiger partial charge on any atom is 0.0795 e. The summed E-state index contributed by atoms with van der Waals surface area (Å²) < 4.78 is 0. The molecule has 3 heteroatoms. The Morgan fingerprint density at radius 3 is 2.92 bits per heavy atom. The standard InChI is InChI=1S/C10H16N2S/c1-7-3-9(4-7)12-8(2)10-5-13-6-11-10/h5-9,12H,3-4H2,1-2H3. The molecule has 1 fully saturated rings. The van der Waals surface area contributed by atoms with Crippen LogP contribution in [-0.2, 0) is 0 Å². The predicted molar refractivity (Wildman–Crippen MR) is 55.9 cm³/mol. The zero-order chi connectivity index (χ0) is 9.26. The molecule has 1 aromatic rings. The average molecular weight is 196 g/mol. The molecular formula is C10H16N2S. The van der Waals surface area contributed by atoms with E-state index in [0.717, 1.165) is 12.0 Å². The Balaban J connectivity index is 1.82. The molecule has 1 saturated carbocycles. The van der Waals surface area contributed by atoms with Crippen LogP contribution < -0.4 is 5.32 Å². The number of nitrogens with zero attached hydrogens (tertiary/aromatic N) is 1. The second-order valence-corrected chi connectivity index (χ2v) is 4.79. The summed E-state index contributed by atoms with van der Waals surface area (Å²) in [6, 6.07) is 1.15. The SMILES string of the molecule is CC1CC(NC(C)c2cscn2)C1. The van der Waals surface area contributed by atoms with Crippen LogP contribution in [0.3, 0.4) is 0 Å². The second kappa shape index (κ2) is 3.76. The Labute approximate surface area is 83.4 Å². The summed E-state index contributed by atoms with van der Waals surface area (Å²) in [7, 11) is 0. The molecule has 0 amide bonds. The van der Waals surface area contributed by atoms with Gasteiger partial charge in [0, 0.05) is 17.5 Å². The number of thiazole rings is 1. The molecule has 0 bridgehead atoms. The fourth-order valence-electron chi connectivity index (χ4n) is 1.91. The third-order valence-corrected chi connectivity index (χ3v) is 3.36. The van der Waals surface area contributed by atoms with Gasteiger partial charge in [0.05, 0.1) is 11.2 Å². The van der Waals surface area contributed by atoms with E-state index >= 15 is 0 Å². The van der Waals surface area contributed by atoms with Crippen molar-refractivity contribution in [1.82, 2.24) is 10.3 Å². The molecule has 1 aromatic heterocycles. The van der Waals surface area contributed by atoms with Gasteiger partial charge in [-0.15, -0.1) is 11.3 Å². The molecule has 0 spiro atoms. The molecule has 1 N–H and O–H groups in total. The molecule has 1 aliphatic rings. The van der Waals surface area contributed by atoms with Crippen molar-refractivity contribution in [2.45, 2.75) is 38.8 Å². The van der Waals surface area contributed by atoms with E-state index in [9.17, 15) is 0 Å². The zero-order valence-electron chi connectivity index (χ0n) is 8.16.